The lowest BCUT2D eigenvalue weighted by Crippen LogP contribution is -2.43. The maximum Gasteiger partial charge on any atom is 0.416 e. The number of benzene rings is 1. The maximum absolute atomic E-state index is 14.2. The molecular formula is C27H31F3N6OS. The molecule has 2 aliphatic heterocycles. The third-order valence-electron chi connectivity index (χ3n) is 7.91. The molecular weight excluding hydrogens is 513 g/mol. The first kappa shape index (κ1) is 25.6. The third kappa shape index (κ3) is 4.58. The van der Waals surface area contributed by atoms with Crippen molar-refractivity contribution in [3.8, 4) is 0 Å². The van der Waals surface area contributed by atoms with Gasteiger partial charge in [-0.25, -0.2) is 0 Å². The van der Waals surface area contributed by atoms with E-state index in [9.17, 15) is 13.2 Å². The van der Waals surface area contributed by atoms with Crippen molar-refractivity contribution in [1.29, 1.82) is 0 Å². The Hall–Kier alpha value is -2.63. The number of rotatable bonds is 5. The van der Waals surface area contributed by atoms with Crippen molar-refractivity contribution in [2.75, 3.05) is 24.0 Å². The van der Waals surface area contributed by atoms with E-state index in [0.29, 0.717) is 48.2 Å². The number of alkyl halides is 3. The fourth-order valence-corrected chi connectivity index (χ4v) is 7.37. The molecule has 38 heavy (non-hydrogen) atoms. The highest BCUT2D eigenvalue weighted by Gasteiger charge is 2.48. The van der Waals surface area contributed by atoms with Crippen LogP contribution in [-0.2, 0) is 36.5 Å². The Balaban J connectivity index is 1.30. The average Bonchev–Trinajstić information content (AvgIpc) is 3.47. The number of ether oxygens (including phenoxy) is 1. The molecule has 1 aromatic carbocycles. The molecule has 1 atom stereocenters. The highest BCUT2D eigenvalue weighted by Crippen LogP contribution is 2.52. The number of pyridine rings is 1. The second-order valence-electron chi connectivity index (χ2n) is 11.0. The molecule has 0 bridgehead atoms. The largest absolute Gasteiger partial charge is 0.416 e. The average molecular weight is 545 g/mol. The van der Waals surface area contributed by atoms with Gasteiger partial charge < -0.3 is 13.6 Å². The monoisotopic (exact) mass is 544 g/mol. The summed E-state index contributed by atoms with van der Waals surface area (Å²) < 4.78 is 52.1. The lowest BCUT2D eigenvalue weighted by Gasteiger charge is -2.46. The van der Waals surface area contributed by atoms with Gasteiger partial charge in [-0.1, -0.05) is 6.92 Å². The second kappa shape index (κ2) is 9.53. The molecule has 7 nitrogen and oxygen atoms in total. The van der Waals surface area contributed by atoms with Crippen LogP contribution in [0.2, 0.25) is 0 Å². The van der Waals surface area contributed by atoms with Gasteiger partial charge in [0.15, 0.2) is 0 Å². The molecule has 0 N–H and O–H groups in total. The minimum atomic E-state index is -4.42. The van der Waals surface area contributed by atoms with E-state index in [-0.39, 0.29) is 18.1 Å². The molecule has 1 aliphatic carbocycles. The molecule has 202 valence electrons. The van der Waals surface area contributed by atoms with Crippen LogP contribution in [-0.4, -0.2) is 50.4 Å². The number of morpholine rings is 1. The number of aryl methyl sites for hydroxylation is 1. The van der Waals surface area contributed by atoms with Gasteiger partial charge in [-0.05, 0) is 67.0 Å². The van der Waals surface area contributed by atoms with Crippen LogP contribution in [0.15, 0.2) is 41.8 Å². The van der Waals surface area contributed by atoms with E-state index in [1.165, 1.54) is 18.0 Å². The van der Waals surface area contributed by atoms with Gasteiger partial charge in [-0.2, -0.15) is 13.2 Å². The summed E-state index contributed by atoms with van der Waals surface area (Å²) in [5, 5.41) is 8.51. The Morgan fingerprint density at radius 1 is 1.16 bits per heavy atom. The van der Waals surface area contributed by atoms with Crippen molar-refractivity contribution < 1.29 is 17.9 Å². The van der Waals surface area contributed by atoms with Crippen molar-refractivity contribution in [2.24, 2.45) is 13.0 Å². The lowest BCUT2D eigenvalue weighted by atomic mass is 9.59. The molecule has 2 aromatic heterocycles. The quantitative estimate of drug-likeness (QED) is 0.410. The van der Waals surface area contributed by atoms with Crippen LogP contribution in [0.4, 0.5) is 18.9 Å². The van der Waals surface area contributed by atoms with Gasteiger partial charge in [0.05, 0.1) is 42.1 Å². The molecule has 4 heterocycles. The van der Waals surface area contributed by atoms with Gasteiger partial charge in [0.25, 0.3) is 0 Å². The van der Waals surface area contributed by atoms with Crippen LogP contribution in [0.3, 0.4) is 0 Å². The highest BCUT2D eigenvalue weighted by molar-refractivity contribution is 8.01. The first-order valence-electron chi connectivity index (χ1n) is 12.9. The summed E-state index contributed by atoms with van der Waals surface area (Å²) in [6.45, 7) is 6.87. The summed E-state index contributed by atoms with van der Waals surface area (Å²) in [7, 11) is 1.94. The van der Waals surface area contributed by atoms with E-state index in [4.69, 9.17) is 4.74 Å². The van der Waals surface area contributed by atoms with Gasteiger partial charge in [-0.3, -0.25) is 9.88 Å². The Bertz CT molecular complexity index is 1340. The Labute approximate surface area is 224 Å². The Morgan fingerprint density at radius 2 is 1.97 bits per heavy atom. The van der Waals surface area contributed by atoms with Crippen molar-refractivity contribution in [1.82, 2.24) is 24.6 Å². The number of anilines is 1. The zero-order chi connectivity index (χ0) is 26.7. The van der Waals surface area contributed by atoms with E-state index < -0.39 is 11.7 Å². The molecule has 0 amide bonds. The van der Waals surface area contributed by atoms with Gasteiger partial charge in [0, 0.05) is 43.3 Å². The number of aromatic nitrogens is 4. The first-order chi connectivity index (χ1) is 18.1. The SMILES string of the molecule is CC1CC(c2cncc(N3Cc4c(cc(CN5CCO[C@@H](C)C5)cc4C(F)(F)F)S3)c2)(c2nncn2C)C1. The molecule has 3 aromatic rings. The number of halogens is 3. The van der Waals surface area contributed by atoms with Crippen molar-refractivity contribution in [2.45, 2.75) is 62.4 Å². The van der Waals surface area contributed by atoms with Crippen LogP contribution in [0.5, 0.6) is 0 Å². The second-order valence-corrected chi connectivity index (χ2v) is 12.0. The number of hydrogen-bond donors (Lipinski definition) is 0. The number of fused-ring (bicyclic) bond motifs is 1. The van der Waals surface area contributed by atoms with E-state index in [2.05, 4.69) is 33.1 Å². The van der Waals surface area contributed by atoms with Crippen LogP contribution in [0, 0.1) is 5.92 Å². The zero-order valence-corrected chi connectivity index (χ0v) is 22.5. The van der Waals surface area contributed by atoms with Crippen molar-refractivity contribution in [3.63, 3.8) is 0 Å². The normalized spacial score (nSPS) is 25.9. The Kier molecular flexibility index (Phi) is 6.43. The third-order valence-corrected chi connectivity index (χ3v) is 9.03. The molecule has 0 radical (unpaired) electrons. The molecule has 0 spiro atoms. The molecule has 11 heteroatoms. The van der Waals surface area contributed by atoms with Crippen LogP contribution in [0.25, 0.3) is 0 Å². The van der Waals surface area contributed by atoms with Gasteiger partial charge in [-0.15, -0.1) is 10.2 Å². The molecule has 2 fully saturated rings. The van der Waals surface area contributed by atoms with Gasteiger partial charge in [0.2, 0.25) is 0 Å². The lowest BCUT2D eigenvalue weighted by molar-refractivity contribution is -0.138. The number of nitrogens with zero attached hydrogens (tertiary/aromatic N) is 6. The van der Waals surface area contributed by atoms with E-state index in [1.807, 2.05) is 35.1 Å². The maximum atomic E-state index is 14.2. The van der Waals surface area contributed by atoms with E-state index >= 15 is 0 Å². The van der Waals surface area contributed by atoms with Crippen LogP contribution >= 0.6 is 11.9 Å². The molecule has 3 aliphatic rings. The van der Waals surface area contributed by atoms with E-state index in [0.717, 1.165) is 29.9 Å². The molecule has 1 saturated carbocycles. The van der Waals surface area contributed by atoms with Crippen LogP contribution < -0.4 is 4.31 Å². The zero-order valence-electron chi connectivity index (χ0n) is 21.7. The predicted octanol–water partition coefficient (Wildman–Crippen LogP) is 5.19. The first-order valence-corrected chi connectivity index (χ1v) is 13.7. The fourth-order valence-electron chi connectivity index (χ4n) is 6.24. The smallest absolute Gasteiger partial charge is 0.376 e. The molecule has 6 rings (SSSR count). The summed E-state index contributed by atoms with van der Waals surface area (Å²) in [4.78, 5) is 7.34. The summed E-state index contributed by atoms with van der Waals surface area (Å²) in [6, 6.07) is 5.31. The van der Waals surface area contributed by atoms with Crippen molar-refractivity contribution >= 4 is 17.6 Å². The van der Waals surface area contributed by atoms with Gasteiger partial charge >= 0.3 is 6.18 Å². The summed E-state index contributed by atoms with van der Waals surface area (Å²) in [5.41, 5.74) is 1.99. The molecule has 0 unspecified atom stereocenters. The standard InChI is InChI=1S/C27H31F3N6OS/c1-17-9-26(10-17,25-33-32-16-34(25)3)20-8-21(12-31-11-20)36-15-22-23(27(28,29)30)6-19(7-24(22)38-36)14-35-4-5-37-18(2)13-35/h6-8,11-12,16-18H,4-5,9-10,13-15H2,1-3H3/t17?,18-,26?/m0/s1. The Morgan fingerprint density at radius 3 is 2.66 bits per heavy atom. The summed E-state index contributed by atoms with van der Waals surface area (Å²) >= 11 is 1.36. The van der Waals surface area contributed by atoms with Crippen molar-refractivity contribution in [3.05, 3.63) is 65.0 Å². The minimum Gasteiger partial charge on any atom is -0.376 e. The fraction of sp³-hybridized carbons (Fsp3) is 0.519. The predicted molar refractivity (Wildman–Crippen MR) is 139 cm³/mol. The summed E-state index contributed by atoms with van der Waals surface area (Å²) in [5.74, 6) is 1.44. The topological polar surface area (TPSA) is 59.3 Å². The van der Waals surface area contributed by atoms with Crippen LogP contribution in [0.1, 0.15) is 54.8 Å². The highest BCUT2D eigenvalue weighted by atomic mass is 32.2. The van der Waals surface area contributed by atoms with E-state index in [1.54, 1.807) is 12.5 Å². The minimum absolute atomic E-state index is 0.0772. The number of hydrogen-bond acceptors (Lipinski definition) is 7. The molecule has 1 saturated heterocycles. The van der Waals surface area contributed by atoms with Gasteiger partial charge in [0.1, 0.15) is 12.2 Å². The summed E-state index contributed by atoms with van der Waals surface area (Å²) in [6.07, 6.45) is 2.82.